The van der Waals surface area contributed by atoms with Crippen molar-refractivity contribution >= 4 is 101 Å². The SMILES string of the molecule is CB(O)Nc1cc(CN2CCC(C(=O)N3CCC(N(C(=O)c4c(F)cc(F)cc4F)c4ccc(Cl)cc4NC(=O)c4c(F)cc(F)cc4F)CC3)CC2)ccn1.CB(O)Nc1cc(CN2CCC(C(=O)N3CCC(Nc4ccc(Cl)cc4NC(=O)c4c(F)cc(F)cc4F)CC3)CC2)ccn1. The molecule has 5 amide bonds. The molecule has 32 heteroatoms. The van der Waals surface area contributed by atoms with E-state index in [0.717, 1.165) is 54.6 Å². The lowest BCUT2D eigenvalue weighted by molar-refractivity contribution is -0.138. The van der Waals surface area contributed by atoms with E-state index in [9.17, 15) is 64.8 Å². The number of benzene rings is 5. The first-order valence-electron chi connectivity index (χ1n) is 32.8. The number of carbonyl (C=O) groups is 5. The number of nitrogens with one attached hydrogen (secondary N) is 5. The van der Waals surface area contributed by atoms with Gasteiger partial charge in [-0.05, 0) is 163 Å². The summed E-state index contributed by atoms with van der Waals surface area (Å²) in [6.45, 7) is 9.00. The summed E-state index contributed by atoms with van der Waals surface area (Å²) in [7, 11) is -1.45. The van der Waals surface area contributed by atoms with E-state index in [2.05, 4.69) is 46.2 Å². The zero-order chi connectivity index (χ0) is 72.3. The van der Waals surface area contributed by atoms with Crippen molar-refractivity contribution in [2.45, 2.75) is 90.2 Å². The summed E-state index contributed by atoms with van der Waals surface area (Å²) >= 11 is 12.3. The molecular formula is C69H71B2Cl2F9N12O7. The second-order valence-electron chi connectivity index (χ2n) is 25.3. The highest BCUT2D eigenvalue weighted by molar-refractivity contribution is 6.53. The maximum Gasteiger partial charge on any atom is 0.408 e. The van der Waals surface area contributed by atoms with E-state index in [0.29, 0.717) is 117 Å². The van der Waals surface area contributed by atoms with E-state index < -0.39 is 107 Å². The molecule has 4 aliphatic heterocycles. The molecule has 4 saturated heterocycles. The van der Waals surface area contributed by atoms with Crippen LogP contribution in [0.4, 0.5) is 73.9 Å². The van der Waals surface area contributed by atoms with Crippen LogP contribution in [0.3, 0.4) is 0 Å². The van der Waals surface area contributed by atoms with E-state index in [4.69, 9.17) is 23.2 Å². The highest BCUT2D eigenvalue weighted by Crippen LogP contribution is 2.38. The van der Waals surface area contributed by atoms with Crippen molar-refractivity contribution in [3.8, 4) is 0 Å². The average molecular weight is 1440 g/mol. The number of nitrogens with zero attached hydrogens (tertiary/aromatic N) is 7. The summed E-state index contributed by atoms with van der Waals surface area (Å²) in [5, 5.41) is 33.3. The Hall–Kier alpha value is -8.93. The van der Waals surface area contributed by atoms with Crippen LogP contribution >= 0.6 is 23.2 Å². The second kappa shape index (κ2) is 33.7. The zero-order valence-corrected chi connectivity index (χ0v) is 56.3. The Kier molecular flexibility index (Phi) is 24.9. The summed E-state index contributed by atoms with van der Waals surface area (Å²) in [6.07, 6.45) is 7.70. The molecule has 532 valence electrons. The first-order valence-corrected chi connectivity index (χ1v) is 33.6. The van der Waals surface area contributed by atoms with Crippen molar-refractivity contribution < 1.29 is 73.5 Å². The van der Waals surface area contributed by atoms with Crippen LogP contribution in [0.15, 0.2) is 109 Å². The van der Waals surface area contributed by atoms with Crippen molar-refractivity contribution in [2.24, 2.45) is 11.8 Å². The third-order valence-corrected chi connectivity index (χ3v) is 18.4. The molecule has 0 aliphatic carbocycles. The number of hydrogen-bond acceptors (Lipinski definition) is 14. The molecule has 4 fully saturated rings. The van der Waals surface area contributed by atoms with E-state index >= 15 is 8.78 Å². The van der Waals surface area contributed by atoms with Gasteiger partial charge in [-0.15, -0.1) is 0 Å². The fourth-order valence-electron chi connectivity index (χ4n) is 13.0. The highest BCUT2D eigenvalue weighted by Gasteiger charge is 2.39. The normalized spacial score (nSPS) is 15.8. The maximum absolute atomic E-state index is 15.1. The Morgan fingerprint density at radius 3 is 1.30 bits per heavy atom. The first-order chi connectivity index (χ1) is 48.2. The number of piperidine rings is 4. The minimum atomic E-state index is -1.51. The third kappa shape index (κ3) is 19.4. The summed E-state index contributed by atoms with van der Waals surface area (Å²) in [5.41, 5.74) is -0.760. The lowest BCUT2D eigenvalue weighted by Gasteiger charge is -2.41. The summed E-state index contributed by atoms with van der Waals surface area (Å²) < 4.78 is 128. The molecule has 0 spiro atoms. The fourth-order valence-corrected chi connectivity index (χ4v) is 13.4. The zero-order valence-electron chi connectivity index (χ0n) is 54.8. The smallest absolute Gasteiger partial charge is 0.408 e. The largest absolute Gasteiger partial charge is 0.433 e. The van der Waals surface area contributed by atoms with Gasteiger partial charge in [-0.3, -0.25) is 33.8 Å². The number of amides is 5. The quantitative estimate of drug-likeness (QED) is 0.0295. The number of hydrogen-bond donors (Lipinski definition) is 7. The van der Waals surface area contributed by atoms with Crippen molar-refractivity contribution in [3.05, 3.63) is 200 Å². The molecule has 0 radical (unpaired) electrons. The number of carbonyl (C=O) groups excluding carboxylic acids is 5. The molecule has 5 aromatic carbocycles. The Bertz CT molecular complexity index is 4120. The van der Waals surface area contributed by atoms with Crippen LogP contribution in [0.2, 0.25) is 23.7 Å². The molecule has 7 aromatic rings. The predicted octanol–water partition coefficient (Wildman–Crippen LogP) is 12.1. The Morgan fingerprint density at radius 1 is 0.485 bits per heavy atom. The summed E-state index contributed by atoms with van der Waals surface area (Å²) in [4.78, 5) is 84.6. The molecule has 4 aliphatic rings. The molecule has 6 heterocycles. The van der Waals surface area contributed by atoms with E-state index in [1.807, 2.05) is 29.2 Å². The third-order valence-electron chi connectivity index (χ3n) is 18.0. The topological polar surface area (TPSA) is 228 Å². The molecule has 0 atom stereocenters. The average Bonchev–Trinajstić information content (AvgIpc) is 0.772. The second-order valence-corrected chi connectivity index (χ2v) is 26.2. The van der Waals surface area contributed by atoms with Gasteiger partial charge in [0, 0.05) is 122 Å². The van der Waals surface area contributed by atoms with Crippen molar-refractivity contribution in [2.75, 3.05) is 83.7 Å². The Labute approximate surface area is 587 Å². The van der Waals surface area contributed by atoms with Gasteiger partial charge in [0.25, 0.3) is 17.7 Å². The van der Waals surface area contributed by atoms with Gasteiger partial charge >= 0.3 is 14.1 Å². The van der Waals surface area contributed by atoms with Crippen molar-refractivity contribution in [1.82, 2.24) is 29.6 Å². The lowest BCUT2D eigenvalue weighted by atomic mass is 9.89. The van der Waals surface area contributed by atoms with Gasteiger partial charge < -0.3 is 51.2 Å². The van der Waals surface area contributed by atoms with Crippen LogP contribution in [0.1, 0.15) is 93.6 Å². The fraction of sp³-hybridized carbons (Fsp3) is 0.348. The van der Waals surface area contributed by atoms with E-state index in [1.54, 1.807) is 43.1 Å². The molecule has 101 heavy (non-hydrogen) atoms. The van der Waals surface area contributed by atoms with Crippen LogP contribution in [-0.4, -0.2) is 148 Å². The molecule has 19 nitrogen and oxygen atoms in total. The molecular weight excluding hydrogens is 1370 g/mol. The molecule has 0 bridgehead atoms. The summed E-state index contributed by atoms with van der Waals surface area (Å²) in [6, 6.07) is 17.4. The number of halogens is 11. The molecule has 7 N–H and O–H groups in total. The maximum atomic E-state index is 15.1. The van der Waals surface area contributed by atoms with Gasteiger partial charge in [-0.25, -0.2) is 49.5 Å². The van der Waals surface area contributed by atoms with Crippen LogP contribution in [0, 0.1) is 64.2 Å². The Morgan fingerprint density at radius 2 is 0.871 bits per heavy atom. The standard InChI is InChI=1S/C38H36BClF6N6O4.C31H35BClF3N6O3/c1-39(56)49-33-14-21(4-9-47-33)20-50-10-5-22(6-11-50)37(54)51-12-7-26(8-13-51)52(38(55)35-29(45)18-25(42)19-30(35)46)32-3-2-23(40)15-31(32)48-36(53)34-27(43)16-24(41)17-28(34)44;1-32(45)40-28-14-19(4-9-37-28)18-41-10-5-20(6-11-41)31(44)42-12-7-23(8-13-42)38-26-3-2-21(33)15-27(26)39-30(43)29-24(35)16-22(34)17-25(29)36/h2-4,9,14-19,22,26,56H,5-8,10-13,20H2,1H3,(H,47,49)(H,48,53);2-4,9,14-17,20,23,38,45H,5-8,10-13,18H2,1H3,(H,37,40)(H,39,43). The summed E-state index contributed by atoms with van der Waals surface area (Å²) in [5.74, 6) is -15.0. The van der Waals surface area contributed by atoms with Crippen molar-refractivity contribution in [3.63, 3.8) is 0 Å². The van der Waals surface area contributed by atoms with Gasteiger partial charge in [0.2, 0.25) is 11.8 Å². The van der Waals surface area contributed by atoms with E-state index in [-0.39, 0.29) is 77.7 Å². The number of rotatable bonds is 19. The van der Waals surface area contributed by atoms with Gasteiger partial charge in [-0.1, -0.05) is 23.2 Å². The predicted molar refractivity (Wildman–Crippen MR) is 367 cm³/mol. The van der Waals surface area contributed by atoms with Crippen LogP contribution in [0.5, 0.6) is 0 Å². The lowest BCUT2D eigenvalue weighted by Crippen LogP contribution is -2.51. The van der Waals surface area contributed by atoms with E-state index in [1.165, 1.54) is 18.2 Å². The number of aromatic nitrogens is 2. The van der Waals surface area contributed by atoms with Crippen LogP contribution < -0.4 is 31.3 Å². The first kappa shape index (κ1) is 74.8. The Balaban J connectivity index is 0.000000223. The number of pyridine rings is 2. The molecule has 2 aromatic heterocycles. The van der Waals surface area contributed by atoms with Gasteiger partial charge in [0.1, 0.15) is 80.7 Å². The van der Waals surface area contributed by atoms with Gasteiger partial charge in [0.05, 0.1) is 22.7 Å². The van der Waals surface area contributed by atoms with Crippen LogP contribution in [-0.2, 0) is 22.7 Å². The van der Waals surface area contributed by atoms with Gasteiger partial charge in [-0.2, -0.15) is 0 Å². The highest BCUT2D eigenvalue weighted by atomic mass is 35.5. The minimum absolute atomic E-state index is 0.000900. The van der Waals surface area contributed by atoms with Gasteiger partial charge in [0.15, 0.2) is 0 Å². The molecule has 0 saturated carbocycles. The molecule has 11 rings (SSSR count). The number of anilines is 6. The number of likely N-dealkylation sites (tertiary alicyclic amines) is 4. The molecule has 0 unspecified atom stereocenters. The monoisotopic (exact) mass is 1440 g/mol. The van der Waals surface area contributed by atoms with Crippen molar-refractivity contribution in [1.29, 1.82) is 0 Å². The van der Waals surface area contributed by atoms with Crippen LogP contribution in [0.25, 0.3) is 0 Å². The minimum Gasteiger partial charge on any atom is -0.433 e.